The Kier molecular flexibility index (Phi) is 10.4. The molecule has 1 N–H and O–H groups in total. The van der Waals surface area contributed by atoms with Crippen molar-refractivity contribution in [1.29, 1.82) is 0 Å². The van der Waals surface area contributed by atoms with Crippen LogP contribution in [0.25, 0.3) is 11.1 Å². The molecule has 0 aromatic heterocycles. The monoisotopic (exact) mass is 571 g/mol. The second-order valence-electron chi connectivity index (χ2n) is 10.7. The molecule has 0 saturated heterocycles. The molecule has 3 rings (SSSR count). The van der Waals surface area contributed by atoms with E-state index >= 15 is 0 Å². The zero-order valence-electron chi connectivity index (χ0n) is 24.0. The van der Waals surface area contributed by atoms with Crippen molar-refractivity contribution in [2.75, 3.05) is 20.3 Å². The maximum atomic E-state index is 12.5. The summed E-state index contributed by atoms with van der Waals surface area (Å²) in [5.41, 5.74) is 5.15. The number of amides is 1. The SMILES string of the molecule is COC(=O)CCNC(=O)c1ccc(CCC(C)(C)COc2cc(C)c(-c3ccc(OC(F)(F)F)cc3)c(C)c2)cc1. The lowest BCUT2D eigenvalue weighted by atomic mass is 9.87. The van der Waals surface area contributed by atoms with Crippen LogP contribution in [0, 0.1) is 19.3 Å². The smallest absolute Gasteiger partial charge is 0.493 e. The van der Waals surface area contributed by atoms with Crippen LogP contribution < -0.4 is 14.8 Å². The number of hydrogen-bond acceptors (Lipinski definition) is 5. The van der Waals surface area contributed by atoms with Crippen LogP contribution in [0.3, 0.4) is 0 Å². The minimum Gasteiger partial charge on any atom is -0.493 e. The first-order valence-electron chi connectivity index (χ1n) is 13.3. The van der Waals surface area contributed by atoms with Crippen molar-refractivity contribution in [1.82, 2.24) is 5.32 Å². The molecule has 0 bridgehead atoms. The highest BCUT2D eigenvalue weighted by atomic mass is 19.4. The number of rotatable bonds is 12. The average Bonchev–Trinajstić information content (AvgIpc) is 2.91. The summed E-state index contributed by atoms with van der Waals surface area (Å²) in [5.74, 6) is -0.135. The fourth-order valence-corrected chi connectivity index (χ4v) is 4.42. The summed E-state index contributed by atoms with van der Waals surface area (Å²) in [6.07, 6.45) is -2.93. The second kappa shape index (κ2) is 13.6. The molecule has 0 radical (unpaired) electrons. The van der Waals surface area contributed by atoms with Gasteiger partial charge in [0.25, 0.3) is 5.91 Å². The van der Waals surface area contributed by atoms with Crippen molar-refractivity contribution in [2.24, 2.45) is 5.41 Å². The molecule has 0 fully saturated rings. The van der Waals surface area contributed by atoms with Crippen LogP contribution in [0.1, 0.15) is 53.7 Å². The van der Waals surface area contributed by atoms with E-state index in [1.54, 1.807) is 24.3 Å². The van der Waals surface area contributed by atoms with E-state index in [2.05, 4.69) is 28.6 Å². The maximum absolute atomic E-state index is 12.5. The van der Waals surface area contributed by atoms with Gasteiger partial charge in [-0.2, -0.15) is 0 Å². The standard InChI is InChI=1S/C32H36F3NO5/c1-21-18-27(19-22(2)29(21)24-10-12-26(13-11-24)41-32(33,34)35)40-20-31(3,4)16-14-23-6-8-25(9-7-23)30(38)36-17-15-28(37)39-5/h6-13,18-19H,14-17,20H2,1-5H3,(H,36,38). The Morgan fingerprint density at radius 3 is 2.05 bits per heavy atom. The van der Waals surface area contributed by atoms with Crippen LogP contribution in [0.4, 0.5) is 13.2 Å². The molecule has 3 aromatic rings. The molecule has 41 heavy (non-hydrogen) atoms. The molecule has 220 valence electrons. The van der Waals surface area contributed by atoms with Gasteiger partial charge in [-0.1, -0.05) is 38.1 Å². The highest BCUT2D eigenvalue weighted by molar-refractivity contribution is 5.94. The zero-order chi connectivity index (χ0) is 30.2. The van der Waals surface area contributed by atoms with Gasteiger partial charge >= 0.3 is 12.3 Å². The zero-order valence-corrected chi connectivity index (χ0v) is 24.0. The molecule has 3 aromatic carbocycles. The Balaban J connectivity index is 1.54. The molecule has 6 nitrogen and oxygen atoms in total. The molecule has 0 aliphatic rings. The quantitative estimate of drug-likeness (QED) is 0.233. The lowest BCUT2D eigenvalue weighted by Crippen LogP contribution is -2.26. The average molecular weight is 572 g/mol. The number of esters is 1. The molecule has 0 aliphatic carbocycles. The van der Waals surface area contributed by atoms with Gasteiger partial charge < -0.3 is 19.5 Å². The van der Waals surface area contributed by atoms with Gasteiger partial charge in [-0.15, -0.1) is 13.2 Å². The lowest BCUT2D eigenvalue weighted by molar-refractivity contribution is -0.274. The van der Waals surface area contributed by atoms with Crippen molar-refractivity contribution in [2.45, 2.75) is 53.3 Å². The number of ether oxygens (including phenoxy) is 3. The molecule has 0 saturated carbocycles. The minimum absolute atomic E-state index is 0.124. The van der Waals surface area contributed by atoms with Gasteiger partial charge in [-0.05, 0) is 96.3 Å². The van der Waals surface area contributed by atoms with Crippen molar-refractivity contribution in [3.63, 3.8) is 0 Å². The van der Waals surface area contributed by atoms with Crippen LogP contribution in [0.15, 0.2) is 60.7 Å². The first-order valence-corrected chi connectivity index (χ1v) is 13.3. The third-order valence-corrected chi connectivity index (χ3v) is 6.66. The number of methoxy groups -OCH3 is 1. The third kappa shape index (κ3) is 9.84. The molecule has 0 unspecified atom stereocenters. The van der Waals surface area contributed by atoms with E-state index in [0.717, 1.165) is 46.4 Å². The third-order valence-electron chi connectivity index (χ3n) is 6.66. The van der Waals surface area contributed by atoms with Crippen LogP contribution in [-0.2, 0) is 16.0 Å². The second-order valence-corrected chi connectivity index (χ2v) is 10.7. The Morgan fingerprint density at radius 2 is 1.49 bits per heavy atom. The Bertz CT molecular complexity index is 1310. The van der Waals surface area contributed by atoms with Gasteiger partial charge in [-0.3, -0.25) is 9.59 Å². The summed E-state index contributed by atoms with van der Waals surface area (Å²) in [5, 5.41) is 2.70. The van der Waals surface area contributed by atoms with E-state index in [9.17, 15) is 22.8 Å². The maximum Gasteiger partial charge on any atom is 0.573 e. The van der Waals surface area contributed by atoms with Crippen molar-refractivity contribution < 1.29 is 37.0 Å². The summed E-state index contributed by atoms with van der Waals surface area (Å²) in [6, 6.07) is 17.1. The number of hydrogen-bond donors (Lipinski definition) is 1. The summed E-state index contributed by atoms with van der Waals surface area (Å²) < 4.78 is 52.1. The van der Waals surface area contributed by atoms with Crippen LogP contribution in [-0.4, -0.2) is 38.5 Å². The molecule has 1 amide bonds. The van der Waals surface area contributed by atoms with Crippen LogP contribution >= 0.6 is 0 Å². The fourth-order valence-electron chi connectivity index (χ4n) is 4.42. The van der Waals surface area contributed by atoms with E-state index in [0.29, 0.717) is 12.2 Å². The largest absolute Gasteiger partial charge is 0.573 e. The Morgan fingerprint density at radius 1 is 0.878 bits per heavy atom. The van der Waals surface area contributed by atoms with Crippen LogP contribution in [0.5, 0.6) is 11.5 Å². The predicted octanol–water partition coefficient (Wildman–Crippen LogP) is 7.20. The molecule has 0 atom stereocenters. The van der Waals surface area contributed by atoms with E-state index in [-0.39, 0.29) is 36.0 Å². The lowest BCUT2D eigenvalue weighted by Gasteiger charge is -2.25. The van der Waals surface area contributed by atoms with Gasteiger partial charge in [0.05, 0.1) is 20.1 Å². The number of alkyl halides is 3. The van der Waals surface area contributed by atoms with Crippen molar-refractivity contribution >= 4 is 11.9 Å². The fraction of sp³-hybridized carbons (Fsp3) is 0.375. The Hall–Kier alpha value is -4.01. The van der Waals surface area contributed by atoms with E-state index < -0.39 is 6.36 Å². The number of benzene rings is 3. The number of halogens is 3. The topological polar surface area (TPSA) is 73.9 Å². The minimum atomic E-state index is -4.72. The number of carbonyl (C=O) groups is 2. The van der Waals surface area contributed by atoms with E-state index in [4.69, 9.17) is 4.74 Å². The summed E-state index contributed by atoms with van der Waals surface area (Å²) >= 11 is 0. The number of carbonyl (C=O) groups excluding carboxylic acids is 2. The van der Waals surface area contributed by atoms with Crippen molar-refractivity contribution in [3.05, 3.63) is 82.9 Å². The number of aryl methyl sites for hydroxylation is 3. The van der Waals surface area contributed by atoms with Gasteiger partial charge in [-0.25, -0.2) is 0 Å². The van der Waals surface area contributed by atoms with E-state index in [1.807, 2.05) is 38.1 Å². The molecule has 0 spiro atoms. The van der Waals surface area contributed by atoms with Gasteiger partial charge in [0.1, 0.15) is 11.5 Å². The summed E-state index contributed by atoms with van der Waals surface area (Å²) in [6.45, 7) is 8.88. The summed E-state index contributed by atoms with van der Waals surface area (Å²) in [7, 11) is 1.31. The van der Waals surface area contributed by atoms with Gasteiger partial charge in [0.15, 0.2) is 0 Å². The number of nitrogens with one attached hydrogen (secondary N) is 1. The molecule has 9 heteroatoms. The predicted molar refractivity (Wildman–Crippen MR) is 151 cm³/mol. The normalized spacial score (nSPS) is 11.6. The molecule has 0 heterocycles. The molecular formula is C32H36F3NO5. The van der Waals surface area contributed by atoms with Gasteiger partial charge in [0.2, 0.25) is 0 Å². The van der Waals surface area contributed by atoms with Gasteiger partial charge in [0, 0.05) is 12.1 Å². The summed E-state index contributed by atoms with van der Waals surface area (Å²) in [4.78, 5) is 23.4. The molecule has 0 aliphatic heterocycles. The highest BCUT2D eigenvalue weighted by Crippen LogP contribution is 2.34. The first kappa shape index (κ1) is 31.5. The van der Waals surface area contributed by atoms with Crippen LogP contribution in [0.2, 0.25) is 0 Å². The Labute approximate surface area is 238 Å². The highest BCUT2D eigenvalue weighted by Gasteiger charge is 2.31. The first-order chi connectivity index (χ1) is 19.3. The van der Waals surface area contributed by atoms with E-state index in [1.165, 1.54) is 19.2 Å². The molecular weight excluding hydrogens is 535 g/mol. The van der Waals surface area contributed by atoms with Crippen molar-refractivity contribution in [3.8, 4) is 22.6 Å².